The van der Waals surface area contributed by atoms with Gasteiger partial charge in [0.25, 0.3) is 0 Å². The number of hydrogen-bond donors (Lipinski definition) is 3. The highest BCUT2D eigenvalue weighted by atomic mass is 16.5. The first-order valence-electron chi connectivity index (χ1n) is 5.86. The monoisotopic (exact) mass is 260 g/mol. The third-order valence-electron chi connectivity index (χ3n) is 2.27. The second-order valence-electron chi connectivity index (χ2n) is 5.61. The largest absolute Gasteiger partial charge is 0.467 e. The van der Waals surface area contributed by atoms with E-state index in [0.717, 1.165) is 0 Å². The second-order valence-corrected chi connectivity index (χ2v) is 5.61. The van der Waals surface area contributed by atoms with Crippen molar-refractivity contribution in [2.24, 2.45) is 0 Å². The van der Waals surface area contributed by atoms with Gasteiger partial charge in [0, 0.05) is 12.1 Å². The molecule has 3 N–H and O–H groups in total. The van der Waals surface area contributed by atoms with Crippen molar-refractivity contribution in [3.8, 4) is 0 Å². The minimum atomic E-state index is -1.65. The molecule has 0 aliphatic heterocycles. The van der Waals surface area contributed by atoms with Gasteiger partial charge < -0.3 is 20.5 Å². The molecule has 0 aromatic rings. The molecule has 0 spiro atoms. The molecule has 0 heterocycles. The van der Waals surface area contributed by atoms with Crippen molar-refractivity contribution in [1.29, 1.82) is 0 Å². The highest BCUT2D eigenvalue weighted by Crippen LogP contribution is 2.05. The molecule has 0 saturated carbocycles. The molecule has 2 unspecified atom stereocenters. The maximum Gasteiger partial charge on any atom is 0.338 e. The van der Waals surface area contributed by atoms with E-state index in [1.54, 1.807) is 6.92 Å². The summed E-state index contributed by atoms with van der Waals surface area (Å²) in [5.41, 5.74) is -1.97. The van der Waals surface area contributed by atoms with Gasteiger partial charge >= 0.3 is 5.97 Å². The molecule has 1 amide bonds. The third kappa shape index (κ3) is 5.97. The molecule has 6 nitrogen and oxygen atoms in total. The van der Waals surface area contributed by atoms with Crippen molar-refractivity contribution in [3.05, 3.63) is 0 Å². The Morgan fingerprint density at radius 3 is 2.17 bits per heavy atom. The van der Waals surface area contributed by atoms with E-state index in [2.05, 4.69) is 15.4 Å². The Kier molecular flexibility index (Phi) is 5.76. The van der Waals surface area contributed by atoms with Crippen LogP contribution in [0.1, 0.15) is 34.6 Å². The lowest BCUT2D eigenvalue weighted by atomic mass is 10.1. The SMILES string of the molecule is COC(=O)C(C)(O)CNC(C)C(=O)NC(C)(C)C. The number of carbonyl (C=O) groups excluding carboxylic acids is 2. The molecule has 2 atom stereocenters. The molecule has 6 heteroatoms. The molecular weight excluding hydrogens is 236 g/mol. The van der Waals surface area contributed by atoms with E-state index in [-0.39, 0.29) is 18.0 Å². The fraction of sp³-hybridized carbons (Fsp3) is 0.833. The average molecular weight is 260 g/mol. The van der Waals surface area contributed by atoms with Gasteiger partial charge in [-0.1, -0.05) is 0 Å². The Labute approximate surface area is 108 Å². The molecule has 0 aromatic carbocycles. The number of methoxy groups -OCH3 is 1. The van der Waals surface area contributed by atoms with Crippen LogP contribution in [0.4, 0.5) is 0 Å². The third-order valence-corrected chi connectivity index (χ3v) is 2.27. The van der Waals surface area contributed by atoms with E-state index in [1.165, 1.54) is 14.0 Å². The van der Waals surface area contributed by atoms with E-state index < -0.39 is 17.6 Å². The van der Waals surface area contributed by atoms with Gasteiger partial charge in [-0.25, -0.2) is 4.79 Å². The number of nitrogens with one attached hydrogen (secondary N) is 2. The minimum absolute atomic E-state index is 0.0571. The lowest BCUT2D eigenvalue weighted by Crippen LogP contribution is -2.54. The summed E-state index contributed by atoms with van der Waals surface area (Å²) >= 11 is 0. The molecule has 0 saturated heterocycles. The van der Waals surface area contributed by atoms with Gasteiger partial charge in [0.2, 0.25) is 5.91 Å². The standard InChI is InChI=1S/C12H24N2O4/c1-8(9(15)14-11(2,3)4)13-7-12(5,17)10(16)18-6/h8,13,17H,7H2,1-6H3,(H,14,15). The van der Waals surface area contributed by atoms with Crippen LogP contribution in [-0.4, -0.2) is 47.8 Å². The quantitative estimate of drug-likeness (QED) is 0.596. The Morgan fingerprint density at radius 2 is 1.78 bits per heavy atom. The van der Waals surface area contributed by atoms with Gasteiger partial charge in [-0.3, -0.25) is 4.79 Å². The van der Waals surface area contributed by atoms with Crippen LogP contribution >= 0.6 is 0 Å². The van der Waals surface area contributed by atoms with Crippen LogP contribution in [0.25, 0.3) is 0 Å². The van der Waals surface area contributed by atoms with Crippen LogP contribution in [0.5, 0.6) is 0 Å². The van der Waals surface area contributed by atoms with Crippen LogP contribution in [0.3, 0.4) is 0 Å². The van der Waals surface area contributed by atoms with E-state index >= 15 is 0 Å². The molecule has 0 aromatic heterocycles. The summed E-state index contributed by atoms with van der Waals surface area (Å²) in [6.45, 7) is 8.57. The first kappa shape index (κ1) is 16.9. The molecule has 0 rings (SSSR count). The van der Waals surface area contributed by atoms with Crippen LogP contribution in [-0.2, 0) is 14.3 Å². The van der Waals surface area contributed by atoms with Gasteiger partial charge in [-0.2, -0.15) is 0 Å². The molecule has 0 bridgehead atoms. The topological polar surface area (TPSA) is 87.7 Å². The Morgan fingerprint density at radius 1 is 1.28 bits per heavy atom. The Hall–Kier alpha value is -1.14. The molecule has 106 valence electrons. The number of hydrogen-bond acceptors (Lipinski definition) is 5. The van der Waals surface area contributed by atoms with Crippen LogP contribution in [0, 0.1) is 0 Å². The first-order chi connectivity index (χ1) is 7.99. The van der Waals surface area contributed by atoms with Crippen molar-refractivity contribution in [2.75, 3.05) is 13.7 Å². The van der Waals surface area contributed by atoms with Crippen LogP contribution < -0.4 is 10.6 Å². The van der Waals surface area contributed by atoms with Crippen molar-refractivity contribution in [2.45, 2.75) is 51.8 Å². The zero-order valence-corrected chi connectivity index (χ0v) is 12.0. The number of amides is 1. The number of rotatable bonds is 5. The second kappa shape index (κ2) is 6.15. The van der Waals surface area contributed by atoms with Crippen LogP contribution in [0.15, 0.2) is 0 Å². The zero-order chi connectivity index (χ0) is 14.6. The van der Waals surface area contributed by atoms with Gasteiger partial charge in [0.15, 0.2) is 5.60 Å². The van der Waals surface area contributed by atoms with E-state index in [9.17, 15) is 14.7 Å². The molecule has 0 radical (unpaired) electrons. The van der Waals surface area contributed by atoms with Gasteiger partial charge in [0.1, 0.15) is 0 Å². The lowest BCUT2D eigenvalue weighted by Gasteiger charge is -2.26. The summed E-state index contributed by atoms with van der Waals surface area (Å²) in [5, 5.41) is 15.4. The number of ether oxygens (including phenoxy) is 1. The number of esters is 1. The van der Waals surface area contributed by atoms with Crippen LogP contribution in [0.2, 0.25) is 0 Å². The predicted octanol–water partition coefficient (Wildman–Crippen LogP) is -0.197. The number of carbonyl (C=O) groups is 2. The summed E-state index contributed by atoms with van der Waals surface area (Å²) < 4.78 is 4.46. The fourth-order valence-electron chi connectivity index (χ4n) is 1.21. The lowest BCUT2D eigenvalue weighted by molar-refractivity contribution is -0.160. The van der Waals surface area contributed by atoms with Gasteiger partial charge in [-0.15, -0.1) is 0 Å². The van der Waals surface area contributed by atoms with Crippen molar-refractivity contribution < 1.29 is 19.4 Å². The van der Waals surface area contributed by atoms with E-state index in [1.807, 2.05) is 20.8 Å². The van der Waals surface area contributed by atoms with Gasteiger partial charge in [-0.05, 0) is 34.6 Å². The maximum absolute atomic E-state index is 11.7. The summed E-state index contributed by atoms with van der Waals surface area (Å²) in [5.74, 6) is -0.929. The molecule has 18 heavy (non-hydrogen) atoms. The minimum Gasteiger partial charge on any atom is -0.467 e. The summed E-state index contributed by atoms with van der Waals surface area (Å²) in [6.07, 6.45) is 0. The summed E-state index contributed by atoms with van der Waals surface area (Å²) in [6, 6.07) is -0.514. The number of aliphatic hydroxyl groups is 1. The predicted molar refractivity (Wildman–Crippen MR) is 68.0 cm³/mol. The summed E-state index contributed by atoms with van der Waals surface area (Å²) in [4.78, 5) is 23.0. The normalized spacial score (nSPS) is 16.6. The molecule has 0 fully saturated rings. The maximum atomic E-state index is 11.7. The van der Waals surface area contributed by atoms with Crippen molar-refractivity contribution >= 4 is 11.9 Å². The Bertz CT molecular complexity index is 308. The summed E-state index contributed by atoms with van der Waals surface area (Å²) in [7, 11) is 1.20. The average Bonchev–Trinajstić information content (AvgIpc) is 2.22. The molecule has 0 aliphatic carbocycles. The highest BCUT2D eigenvalue weighted by Gasteiger charge is 2.32. The Balaban J connectivity index is 4.30. The zero-order valence-electron chi connectivity index (χ0n) is 12.0. The molecule has 0 aliphatic rings. The van der Waals surface area contributed by atoms with Crippen molar-refractivity contribution in [1.82, 2.24) is 10.6 Å². The highest BCUT2D eigenvalue weighted by molar-refractivity contribution is 5.82. The fourth-order valence-corrected chi connectivity index (χ4v) is 1.21. The first-order valence-corrected chi connectivity index (χ1v) is 5.86. The van der Waals surface area contributed by atoms with E-state index in [4.69, 9.17) is 0 Å². The smallest absolute Gasteiger partial charge is 0.338 e. The van der Waals surface area contributed by atoms with Gasteiger partial charge in [0.05, 0.1) is 13.2 Å². The molecular formula is C12H24N2O4. The van der Waals surface area contributed by atoms with E-state index in [0.29, 0.717) is 0 Å². The van der Waals surface area contributed by atoms with Crippen molar-refractivity contribution in [3.63, 3.8) is 0 Å².